The van der Waals surface area contributed by atoms with Crippen LogP contribution in [0.15, 0.2) is 54.6 Å². The third-order valence-electron chi connectivity index (χ3n) is 5.58. The Bertz CT molecular complexity index is 842. The number of carbonyl (C=O) groups excluding carboxylic acids is 2. The largest absolute Gasteiger partial charge is 0.497 e. The fourth-order valence-corrected chi connectivity index (χ4v) is 3.81. The molecule has 0 radical (unpaired) electrons. The zero-order chi connectivity index (χ0) is 22.1. The molecule has 0 aliphatic carbocycles. The molecule has 0 bridgehead atoms. The molecule has 0 saturated carbocycles. The van der Waals surface area contributed by atoms with E-state index in [2.05, 4.69) is 21.9 Å². The Kier molecular flexibility index (Phi) is 8.29. The summed E-state index contributed by atoms with van der Waals surface area (Å²) >= 11 is 0. The maximum absolute atomic E-state index is 13.1. The van der Waals surface area contributed by atoms with Crippen LogP contribution in [0.2, 0.25) is 0 Å². The van der Waals surface area contributed by atoms with E-state index in [1.807, 2.05) is 42.5 Å². The van der Waals surface area contributed by atoms with E-state index in [1.165, 1.54) is 5.69 Å². The zero-order valence-electron chi connectivity index (χ0n) is 18.2. The lowest BCUT2D eigenvalue weighted by Gasteiger charge is -2.27. The van der Waals surface area contributed by atoms with Crippen molar-refractivity contribution in [2.24, 2.45) is 5.73 Å². The zero-order valence-corrected chi connectivity index (χ0v) is 18.2. The molecule has 166 valence electrons. The van der Waals surface area contributed by atoms with Crippen LogP contribution in [0.25, 0.3) is 0 Å². The maximum Gasteiger partial charge on any atom is 0.237 e. The molecule has 31 heavy (non-hydrogen) atoms. The predicted molar refractivity (Wildman–Crippen MR) is 122 cm³/mol. The van der Waals surface area contributed by atoms with Gasteiger partial charge >= 0.3 is 0 Å². The van der Waals surface area contributed by atoms with E-state index in [0.29, 0.717) is 19.6 Å². The molecule has 7 heteroatoms. The molecule has 1 fully saturated rings. The van der Waals surface area contributed by atoms with Crippen molar-refractivity contribution < 1.29 is 14.3 Å². The smallest absolute Gasteiger partial charge is 0.237 e. The quantitative estimate of drug-likeness (QED) is 0.667. The SMILES string of the molecule is COc1ccc(N2CCCN(CC(=O)N(CCC(N)=O)Cc3ccccc3)CC2)cc1. The van der Waals surface area contributed by atoms with Crippen LogP contribution in [0, 0.1) is 0 Å². The van der Waals surface area contributed by atoms with Crippen LogP contribution in [0.1, 0.15) is 18.4 Å². The third-order valence-corrected chi connectivity index (χ3v) is 5.58. The molecule has 0 aromatic heterocycles. The van der Waals surface area contributed by atoms with E-state index in [1.54, 1.807) is 12.0 Å². The van der Waals surface area contributed by atoms with Gasteiger partial charge in [-0.3, -0.25) is 14.5 Å². The average molecular weight is 425 g/mol. The number of rotatable bonds is 9. The lowest BCUT2D eigenvalue weighted by Crippen LogP contribution is -2.42. The van der Waals surface area contributed by atoms with Crippen LogP contribution in [0.4, 0.5) is 5.69 Å². The first-order valence-corrected chi connectivity index (χ1v) is 10.8. The molecule has 1 aliphatic rings. The summed E-state index contributed by atoms with van der Waals surface area (Å²) in [7, 11) is 1.67. The third kappa shape index (κ3) is 7.00. The molecular weight excluding hydrogens is 392 g/mol. The Labute approximate surface area is 184 Å². The normalized spacial score (nSPS) is 14.7. The van der Waals surface area contributed by atoms with E-state index < -0.39 is 5.91 Å². The minimum atomic E-state index is -0.393. The minimum Gasteiger partial charge on any atom is -0.497 e. The molecule has 7 nitrogen and oxygen atoms in total. The van der Waals surface area contributed by atoms with Crippen molar-refractivity contribution in [2.75, 3.05) is 51.3 Å². The first kappa shape index (κ1) is 22.6. The average Bonchev–Trinajstić information content (AvgIpc) is 3.02. The second kappa shape index (κ2) is 11.4. The number of ether oxygens (including phenoxy) is 1. The predicted octanol–water partition coefficient (Wildman–Crippen LogP) is 2.11. The van der Waals surface area contributed by atoms with Gasteiger partial charge in [0.05, 0.1) is 13.7 Å². The summed E-state index contributed by atoms with van der Waals surface area (Å²) in [6.07, 6.45) is 1.16. The van der Waals surface area contributed by atoms with E-state index in [9.17, 15) is 9.59 Å². The number of hydrogen-bond acceptors (Lipinski definition) is 5. The fourth-order valence-electron chi connectivity index (χ4n) is 3.81. The number of hydrogen-bond donors (Lipinski definition) is 1. The van der Waals surface area contributed by atoms with Gasteiger partial charge in [-0.2, -0.15) is 0 Å². The van der Waals surface area contributed by atoms with Gasteiger partial charge < -0.3 is 20.3 Å². The Morgan fingerprint density at radius 1 is 1.00 bits per heavy atom. The Balaban J connectivity index is 1.58. The second-order valence-electron chi connectivity index (χ2n) is 7.83. The van der Waals surface area contributed by atoms with Crippen LogP contribution >= 0.6 is 0 Å². The molecule has 1 aliphatic heterocycles. The van der Waals surface area contributed by atoms with Crippen LogP contribution in [-0.2, 0) is 16.1 Å². The van der Waals surface area contributed by atoms with Crippen molar-refractivity contribution in [1.82, 2.24) is 9.80 Å². The molecule has 0 unspecified atom stereocenters. The molecule has 0 spiro atoms. The monoisotopic (exact) mass is 424 g/mol. The highest BCUT2D eigenvalue weighted by molar-refractivity contribution is 5.79. The van der Waals surface area contributed by atoms with Gasteiger partial charge in [0.25, 0.3) is 0 Å². The highest BCUT2D eigenvalue weighted by Crippen LogP contribution is 2.20. The molecule has 2 aromatic carbocycles. The molecule has 2 amide bonds. The fraction of sp³-hybridized carbons (Fsp3) is 0.417. The number of carbonyl (C=O) groups is 2. The molecule has 2 N–H and O–H groups in total. The van der Waals surface area contributed by atoms with Gasteiger partial charge in [0.2, 0.25) is 11.8 Å². The van der Waals surface area contributed by atoms with Gasteiger partial charge in [0, 0.05) is 51.4 Å². The number of anilines is 1. The summed E-state index contributed by atoms with van der Waals surface area (Å²) < 4.78 is 5.24. The maximum atomic E-state index is 13.1. The van der Waals surface area contributed by atoms with Crippen molar-refractivity contribution in [1.29, 1.82) is 0 Å². The summed E-state index contributed by atoms with van der Waals surface area (Å²) in [5.41, 5.74) is 7.54. The summed E-state index contributed by atoms with van der Waals surface area (Å²) in [4.78, 5) is 30.6. The van der Waals surface area contributed by atoms with Gasteiger partial charge in [0.15, 0.2) is 0 Å². The second-order valence-corrected chi connectivity index (χ2v) is 7.83. The van der Waals surface area contributed by atoms with Gasteiger partial charge in [-0.25, -0.2) is 0 Å². The summed E-state index contributed by atoms with van der Waals surface area (Å²) in [6.45, 7) is 4.67. The van der Waals surface area contributed by atoms with E-state index in [-0.39, 0.29) is 12.3 Å². The number of primary amides is 1. The summed E-state index contributed by atoms with van der Waals surface area (Å²) in [5, 5.41) is 0. The van der Waals surface area contributed by atoms with Gasteiger partial charge in [0.1, 0.15) is 5.75 Å². The van der Waals surface area contributed by atoms with Crippen LogP contribution in [0.5, 0.6) is 5.75 Å². The number of nitrogens with two attached hydrogens (primary N) is 1. The first-order chi connectivity index (χ1) is 15.0. The van der Waals surface area contributed by atoms with Crippen molar-refractivity contribution in [3.63, 3.8) is 0 Å². The van der Waals surface area contributed by atoms with Gasteiger partial charge in [-0.05, 0) is 36.2 Å². The Morgan fingerprint density at radius 3 is 2.42 bits per heavy atom. The molecule has 0 atom stereocenters. The van der Waals surface area contributed by atoms with Crippen LogP contribution < -0.4 is 15.4 Å². The van der Waals surface area contributed by atoms with E-state index >= 15 is 0 Å². The lowest BCUT2D eigenvalue weighted by molar-refractivity contribution is -0.133. The van der Waals surface area contributed by atoms with Gasteiger partial charge in [-0.15, -0.1) is 0 Å². The standard InChI is InChI=1S/C24H32N4O3/c1-31-22-10-8-21(9-11-22)27-14-5-13-26(16-17-27)19-24(30)28(15-12-23(25)29)18-20-6-3-2-4-7-20/h2-4,6-11H,5,12-19H2,1H3,(H2,25,29). The number of nitrogens with zero attached hydrogens (tertiary/aromatic N) is 3. The summed E-state index contributed by atoms with van der Waals surface area (Å²) in [6, 6.07) is 17.9. The Hall–Kier alpha value is -3.06. The lowest BCUT2D eigenvalue weighted by atomic mass is 10.2. The van der Waals surface area contributed by atoms with Crippen LogP contribution in [0.3, 0.4) is 0 Å². The van der Waals surface area contributed by atoms with E-state index in [4.69, 9.17) is 10.5 Å². The number of amides is 2. The number of benzene rings is 2. The highest BCUT2D eigenvalue weighted by atomic mass is 16.5. The van der Waals surface area contributed by atoms with Gasteiger partial charge in [-0.1, -0.05) is 30.3 Å². The van der Waals surface area contributed by atoms with Crippen molar-refractivity contribution in [3.05, 3.63) is 60.2 Å². The Morgan fingerprint density at radius 2 is 1.74 bits per heavy atom. The highest BCUT2D eigenvalue weighted by Gasteiger charge is 2.21. The molecule has 2 aromatic rings. The van der Waals surface area contributed by atoms with E-state index in [0.717, 1.165) is 43.9 Å². The van der Waals surface area contributed by atoms with Crippen molar-refractivity contribution >= 4 is 17.5 Å². The molecule has 3 rings (SSSR count). The molecular formula is C24H32N4O3. The minimum absolute atomic E-state index is 0.0306. The topological polar surface area (TPSA) is 79.1 Å². The molecule has 1 heterocycles. The molecule has 1 saturated heterocycles. The number of methoxy groups -OCH3 is 1. The summed E-state index contributed by atoms with van der Waals surface area (Å²) in [5.74, 6) is 0.485. The van der Waals surface area contributed by atoms with Crippen molar-refractivity contribution in [3.8, 4) is 5.75 Å². The van der Waals surface area contributed by atoms with Crippen LogP contribution in [-0.4, -0.2) is 68.0 Å². The first-order valence-electron chi connectivity index (χ1n) is 10.8. The van der Waals surface area contributed by atoms with Crippen molar-refractivity contribution in [2.45, 2.75) is 19.4 Å².